The molecule has 2 rings (SSSR count). The highest BCUT2D eigenvalue weighted by Crippen LogP contribution is 2.25. The number of benzene rings is 1. The van der Waals surface area contributed by atoms with Crippen molar-refractivity contribution < 1.29 is 4.74 Å². The van der Waals surface area contributed by atoms with Gasteiger partial charge in [-0.2, -0.15) is 0 Å². The van der Waals surface area contributed by atoms with Crippen LogP contribution in [0.15, 0.2) is 57.9 Å². The predicted octanol–water partition coefficient (Wildman–Crippen LogP) is 4.15. The number of pyridine rings is 1. The van der Waals surface area contributed by atoms with Gasteiger partial charge >= 0.3 is 0 Å². The van der Waals surface area contributed by atoms with E-state index in [-0.39, 0.29) is 0 Å². The summed E-state index contributed by atoms with van der Waals surface area (Å²) in [5.74, 6) is 1.38. The second-order valence-corrected chi connectivity index (χ2v) is 5.15. The van der Waals surface area contributed by atoms with Gasteiger partial charge in [0.05, 0.1) is 30.1 Å². The van der Waals surface area contributed by atoms with E-state index in [2.05, 4.69) is 28.4 Å². The second-order valence-electron chi connectivity index (χ2n) is 4.32. The first kappa shape index (κ1) is 16.0. The normalized spacial score (nSPS) is 11.0. The van der Waals surface area contributed by atoms with Gasteiger partial charge in [0.15, 0.2) is 0 Å². The summed E-state index contributed by atoms with van der Waals surface area (Å²) in [4.78, 5) is 12.5. The van der Waals surface area contributed by atoms with Crippen LogP contribution in [0.4, 0.5) is 0 Å². The van der Waals surface area contributed by atoms with Gasteiger partial charge in [-0.3, -0.25) is 9.98 Å². The molecule has 0 unspecified atom stereocenters. The van der Waals surface area contributed by atoms with E-state index in [0.717, 1.165) is 28.4 Å². The molecule has 0 fully saturated rings. The molecule has 22 heavy (non-hydrogen) atoms. The lowest BCUT2D eigenvalue weighted by Gasteiger charge is -2.06. The van der Waals surface area contributed by atoms with Crippen LogP contribution >= 0.6 is 11.8 Å². The molecule has 1 aromatic carbocycles. The van der Waals surface area contributed by atoms with Gasteiger partial charge in [-0.1, -0.05) is 18.2 Å². The Bertz CT molecular complexity index is 698. The standard InChI is InChI=1S/C17H17N3OS/c1-18-12-22-11-17(19-2)16-9-5-8-15(20-16)13-6-4-7-14(10-13)21-3/h4-11H,1-2,12H2,3H3/b17-11-. The third kappa shape index (κ3) is 4.05. The van der Waals surface area contributed by atoms with Crippen molar-refractivity contribution in [1.82, 2.24) is 4.98 Å². The highest BCUT2D eigenvalue weighted by molar-refractivity contribution is 8.02. The zero-order chi connectivity index (χ0) is 15.8. The lowest BCUT2D eigenvalue weighted by molar-refractivity contribution is 0.415. The summed E-state index contributed by atoms with van der Waals surface area (Å²) in [7, 11) is 1.65. The van der Waals surface area contributed by atoms with E-state index in [4.69, 9.17) is 4.74 Å². The third-order valence-corrected chi connectivity index (χ3v) is 3.63. The Morgan fingerprint density at radius 3 is 2.82 bits per heavy atom. The van der Waals surface area contributed by atoms with Gasteiger partial charge in [-0.25, -0.2) is 4.98 Å². The highest BCUT2D eigenvalue weighted by Gasteiger charge is 2.05. The molecule has 0 aliphatic carbocycles. The number of rotatable bonds is 7. The number of thioether (sulfide) groups is 1. The maximum Gasteiger partial charge on any atom is 0.119 e. The number of hydrogen-bond acceptors (Lipinski definition) is 5. The van der Waals surface area contributed by atoms with Crippen LogP contribution in [0.5, 0.6) is 5.75 Å². The molecule has 1 aromatic heterocycles. The second kappa shape index (κ2) is 8.14. The van der Waals surface area contributed by atoms with Crippen LogP contribution in [0.3, 0.4) is 0 Å². The topological polar surface area (TPSA) is 46.8 Å². The summed E-state index contributed by atoms with van der Waals surface area (Å²) < 4.78 is 5.25. The molecule has 0 bridgehead atoms. The van der Waals surface area contributed by atoms with Crippen LogP contribution in [-0.2, 0) is 0 Å². The molecule has 112 valence electrons. The maximum atomic E-state index is 5.25. The Morgan fingerprint density at radius 1 is 1.27 bits per heavy atom. The van der Waals surface area contributed by atoms with Crippen molar-refractivity contribution in [3.63, 3.8) is 0 Å². The smallest absolute Gasteiger partial charge is 0.119 e. The molecule has 0 saturated heterocycles. The van der Waals surface area contributed by atoms with Crippen LogP contribution in [0.1, 0.15) is 5.69 Å². The fourth-order valence-electron chi connectivity index (χ4n) is 1.87. The first-order chi connectivity index (χ1) is 10.8. The van der Waals surface area contributed by atoms with Gasteiger partial charge < -0.3 is 4.74 Å². The van der Waals surface area contributed by atoms with Gasteiger partial charge in [-0.05, 0) is 37.7 Å². The molecule has 0 aliphatic rings. The molecule has 0 atom stereocenters. The van der Waals surface area contributed by atoms with Gasteiger partial charge in [0.25, 0.3) is 0 Å². The van der Waals surface area contributed by atoms with Crippen molar-refractivity contribution in [1.29, 1.82) is 0 Å². The summed E-state index contributed by atoms with van der Waals surface area (Å²) in [5.41, 5.74) is 3.34. The minimum Gasteiger partial charge on any atom is -0.497 e. The molecule has 5 heteroatoms. The summed E-state index contributed by atoms with van der Waals surface area (Å²) in [5, 5.41) is 1.89. The largest absolute Gasteiger partial charge is 0.497 e. The van der Waals surface area contributed by atoms with Crippen LogP contribution in [0, 0.1) is 0 Å². The average molecular weight is 311 g/mol. The lowest BCUT2D eigenvalue weighted by atomic mass is 10.1. The molecule has 0 amide bonds. The van der Waals surface area contributed by atoms with Crippen LogP contribution in [0.25, 0.3) is 17.0 Å². The molecular weight excluding hydrogens is 294 g/mol. The number of ether oxygens (including phenoxy) is 1. The quantitative estimate of drug-likeness (QED) is 0.570. The molecule has 0 saturated carbocycles. The summed E-state index contributed by atoms with van der Waals surface area (Å²) in [6, 6.07) is 13.6. The van der Waals surface area contributed by atoms with E-state index in [9.17, 15) is 0 Å². The SMILES string of the molecule is C=NCS/C=C(\N=C)c1cccc(-c2cccc(OC)c2)n1. The van der Waals surface area contributed by atoms with E-state index in [1.165, 1.54) is 11.8 Å². The van der Waals surface area contributed by atoms with E-state index >= 15 is 0 Å². The minimum absolute atomic E-state index is 0.578. The molecule has 0 N–H and O–H groups in total. The number of nitrogens with zero attached hydrogens (tertiary/aromatic N) is 3. The predicted molar refractivity (Wildman–Crippen MR) is 95.8 cm³/mol. The van der Waals surface area contributed by atoms with E-state index < -0.39 is 0 Å². The zero-order valence-electron chi connectivity index (χ0n) is 12.4. The van der Waals surface area contributed by atoms with Crippen LogP contribution < -0.4 is 4.74 Å². The Morgan fingerprint density at radius 2 is 2.09 bits per heavy atom. The molecule has 2 aromatic rings. The van der Waals surface area contributed by atoms with Crippen LogP contribution in [-0.4, -0.2) is 31.4 Å². The van der Waals surface area contributed by atoms with Crippen LogP contribution in [0.2, 0.25) is 0 Å². The van der Waals surface area contributed by atoms with Gasteiger partial charge in [0.2, 0.25) is 0 Å². The maximum absolute atomic E-state index is 5.25. The minimum atomic E-state index is 0.578. The molecule has 1 heterocycles. The highest BCUT2D eigenvalue weighted by atomic mass is 32.2. The number of methoxy groups -OCH3 is 1. The van der Waals surface area contributed by atoms with Crippen molar-refractivity contribution in [3.8, 4) is 17.0 Å². The fraction of sp³-hybridized carbons (Fsp3) is 0.118. The first-order valence-electron chi connectivity index (χ1n) is 6.61. The Labute approximate surface area is 134 Å². The van der Waals surface area contributed by atoms with E-state index in [1.54, 1.807) is 7.11 Å². The number of aromatic nitrogens is 1. The summed E-state index contributed by atoms with van der Waals surface area (Å²) in [6.45, 7) is 7.06. The Balaban J connectivity index is 2.34. The van der Waals surface area contributed by atoms with Crippen molar-refractivity contribution >= 4 is 30.9 Å². The third-order valence-electron chi connectivity index (χ3n) is 2.91. The summed E-state index contributed by atoms with van der Waals surface area (Å²) >= 11 is 1.50. The molecule has 4 nitrogen and oxygen atoms in total. The molecular formula is C17H17N3OS. The molecule has 0 aliphatic heterocycles. The zero-order valence-corrected chi connectivity index (χ0v) is 13.2. The lowest BCUT2D eigenvalue weighted by Crippen LogP contribution is -1.91. The summed E-state index contributed by atoms with van der Waals surface area (Å²) in [6.07, 6.45) is 0. The first-order valence-corrected chi connectivity index (χ1v) is 7.66. The van der Waals surface area contributed by atoms with Crippen molar-refractivity contribution in [2.45, 2.75) is 0 Å². The average Bonchev–Trinajstić information content (AvgIpc) is 2.59. The van der Waals surface area contributed by atoms with Crippen molar-refractivity contribution in [3.05, 3.63) is 53.6 Å². The number of aliphatic imine (C=N–C) groups is 2. The van der Waals surface area contributed by atoms with Gasteiger partial charge in [0, 0.05) is 11.0 Å². The Hall–Kier alpha value is -2.40. The van der Waals surface area contributed by atoms with E-state index in [0.29, 0.717) is 5.88 Å². The Kier molecular flexibility index (Phi) is 5.91. The van der Waals surface area contributed by atoms with Crippen molar-refractivity contribution in [2.75, 3.05) is 13.0 Å². The number of hydrogen-bond donors (Lipinski definition) is 0. The van der Waals surface area contributed by atoms with Gasteiger partial charge in [0.1, 0.15) is 5.75 Å². The van der Waals surface area contributed by atoms with Crippen molar-refractivity contribution in [2.24, 2.45) is 9.98 Å². The monoisotopic (exact) mass is 311 g/mol. The fourth-order valence-corrected chi connectivity index (χ4v) is 2.40. The molecule has 0 radical (unpaired) electrons. The van der Waals surface area contributed by atoms with E-state index in [1.807, 2.05) is 47.9 Å². The van der Waals surface area contributed by atoms with Gasteiger partial charge in [-0.15, -0.1) is 11.8 Å². The molecule has 0 spiro atoms.